The van der Waals surface area contributed by atoms with Crippen molar-refractivity contribution in [1.29, 1.82) is 0 Å². The van der Waals surface area contributed by atoms with E-state index in [2.05, 4.69) is 10.2 Å². The van der Waals surface area contributed by atoms with Crippen molar-refractivity contribution in [3.8, 4) is 5.75 Å². The fraction of sp³-hybridized carbons (Fsp3) is 0.273. The van der Waals surface area contributed by atoms with Crippen LogP contribution in [0, 0.1) is 0 Å². The lowest BCUT2D eigenvalue weighted by Gasteiger charge is -2.06. The molecule has 0 fully saturated rings. The fourth-order valence-electron chi connectivity index (χ4n) is 1.44. The minimum atomic E-state index is 0.706. The molecule has 6 heteroatoms. The second-order valence-electron chi connectivity index (χ2n) is 3.63. The van der Waals surface area contributed by atoms with E-state index in [-0.39, 0.29) is 0 Å². The summed E-state index contributed by atoms with van der Waals surface area (Å²) in [5.41, 5.74) is 7.60. The Kier molecular flexibility index (Phi) is 3.53. The van der Waals surface area contributed by atoms with Crippen molar-refractivity contribution >= 4 is 17.4 Å². The van der Waals surface area contributed by atoms with Gasteiger partial charge in [-0.3, -0.25) is 0 Å². The van der Waals surface area contributed by atoms with Crippen LogP contribution in [0.25, 0.3) is 0 Å². The first-order chi connectivity index (χ1) is 8.19. The molecule has 0 aliphatic rings. The molecule has 5 nitrogen and oxygen atoms in total. The predicted molar refractivity (Wildman–Crippen MR) is 68.0 cm³/mol. The number of aryl methyl sites for hydroxylation is 1. The second-order valence-corrected chi connectivity index (χ2v) is 4.57. The third kappa shape index (κ3) is 2.91. The highest BCUT2D eigenvalue weighted by atomic mass is 32.2. The van der Waals surface area contributed by atoms with Gasteiger partial charge in [-0.2, -0.15) is 0 Å². The summed E-state index contributed by atoms with van der Waals surface area (Å²) in [6, 6.07) is 5.71. The Hall–Kier alpha value is -1.69. The van der Waals surface area contributed by atoms with Crippen LogP contribution in [0.5, 0.6) is 5.75 Å². The third-order valence-electron chi connectivity index (χ3n) is 2.26. The fourth-order valence-corrected chi connectivity index (χ4v) is 2.26. The number of nitrogen functional groups attached to an aromatic ring is 1. The van der Waals surface area contributed by atoms with E-state index in [1.54, 1.807) is 31.3 Å². The minimum Gasteiger partial charge on any atom is -0.497 e. The van der Waals surface area contributed by atoms with E-state index in [9.17, 15) is 0 Å². The lowest BCUT2D eigenvalue weighted by molar-refractivity contribution is 0.414. The zero-order valence-electron chi connectivity index (χ0n) is 9.75. The average Bonchev–Trinajstić information content (AvgIpc) is 2.71. The van der Waals surface area contributed by atoms with Crippen LogP contribution >= 0.6 is 11.8 Å². The lowest BCUT2D eigenvalue weighted by atomic mass is 10.2. The van der Waals surface area contributed by atoms with Gasteiger partial charge in [0.2, 0.25) is 0 Å². The molecule has 0 unspecified atom stereocenters. The Bertz CT molecular complexity index is 512. The maximum Gasteiger partial charge on any atom is 0.191 e. The molecule has 2 aromatic rings. The first-order valence-electron chi connectivity index (χ1n) is 5.09. The maximum atomic E-state index is 5.79. The number of benzene rings is 1. The summed E-state index contributed by atoms with van der Waals surface area (Å²) in [5.74, 6) is 1.56. The lowest BCUT2D eigenvalue weighted by Crippen LogP contribution is -1.93. The molecular weight excluding hydrogens is 236 g/mol. The van der Waals surface area contributed by atoms with Gasteiger partial charge in [-0.05, 0) is 17.7 Å². The van der Waals surface area contributed by atoms with Crippen LogP contribution in [0.4, 0.5) is 5.69 Å². The molecule has 0 atom stereocenters. The van der Waals surface area contributed by atoms with Gasteiger partial charge >= 0.3 is 0 Å². The summed E-state index contributed by atoms with van der Waals surface area (Å²) in [6.07, 6.45) is 1.68. The number of aromatic nitrogens is 3. The van der Waals surface area contributed by atoms with Gasteiger partial charge in [0.1, 0.15) is 12.1 Å². The zero-order chi connectivity index (χ0) is 12.3. The van der Waals surface area contributed by atoms with Crippen molar-refractivity contribution < 1.29 is 4.74 Å². The quantitative estimate of drug-likeness (QED) is 0.661. The first kappa shape index (κ1) is 11.8. The van der Waals surface area contributed by atoms with Crippen molar-refractivity contribution in [2.75, 3.05) is 12.8 Å². The Labute approximate surface area is 104 Å². The van der Waals surface area contributed by atoms with Crippen molar-refractivity contribution in [2.24, 2.45) is 7.05 Å². The number of anilines is 1. The molecule has 0 amide bonds. The van der Waals surface area contributed by atoms with E-state index < -0.39 is 0 Å². The normalized spacial score (nSPS) is 10.5. The summed E-state index contributed by atoms with van der Waals surface area (Å²) in [5, 5.41) is 8.72. The number of nitrogens with two attached hydrogens (primary N) is 1. The molecule has 2 rings (SSSR count). The molecule has 0 saturated carbocycles. The zero-order valence-corrected chi connectivity index (χ0v) is 10.6. The topological polar surface area (TPSA) is 66.0 Å². The predicted octanol–water partition coefficient (Wildman–Crippen LogP) is 1.70. The molecule has 0 spiro atoms. The second kappa shape index (κ2) is 5.09. The number of rotatable bonds is 4. The first-order valence-corrected chi connectivity index (χ1v) is 6.08. The molecule has 1 aromatic heterocycles. The van der Waals surface area contributed by atoms with Gasteiger partial charge < -0.3 is 15.0 Å². The highest BCUT2D eigenvalue weighted by Gasteiger charge is 2.04. The van der Waals surface area contributed by atoms with Crippen molar-refractivity contribution in [3.05, 3.63) is 30.1 Å². The van der Waals surface area contributed by atoms with Crippen LogP contribution in [0.2, 0.25) is 0 Å². The molecule has 0 aliphatic carbocycles. The molecule has 90 valence electrons. The molecular formula is C11H14N4OS. The van der Waals surface area contributed by atoms with Crippen molar-refractivity contribution in [2.45, 2.75) is 10.9 Å². The number of thioether (sulfide) groups is 1. The molecule has 0 saturated heterocycles. The van der Waals surface area contributed by atoms with Crippen molar-refractivity contribution in [1.82, 2.24) is 14.8 Å². The third-order valence-corrected chi connectivity index (χ3v) is 3.37. The van der Waals surface area contributed by atoms with Crippen molar-refractivity contribution in [3.63, 3.8) is 0 Å². The van der Waals surface area contributed by atoms with E-state index in [0.29, 0.717) is 5.69 Å². The highest BCUT2D eigenvalue weighted by molar-refractivity contribution is 7.98. The van der Waals surface area contributed by atoms with Crippen LogP contribution in [-0.2, 0) is 12.8 Å². The van der Waals surface area contributed by atoms with E-state index in [0.717, 1.165) is 22.2 Å². The van der Waals surface area contributed by atoms with Gasteiger partial charge in [0.15, 0.2) is 5.16 Å². The van der Waals surface area contributed by atoms with E-state index in [1.165, 1.54) is 0 Å². The number of methoxy groups -OCH3 is 1. The summed E-state index contributed by atoms with van der Waals surface area (Å²) in [7, 11) is 3.55. The molecule has 2 N–H and O–H groups in total. The van der Waals surface area contributed by atoms with E-state index in [4.69, 9.17) is 10.5 Å². The Morgan fingerprint density at radius 2 is 2.24 bits per heavy atom. The SMILES string of the molecule is COc1cc(N)cc(CSc2nncn2C)c1. The summed E-state index contributed by atoms with van der Waals surface area (Å²) < 4.78 is 7.06. The minimum absolute atomic E-state index is 0.706. The molecule has 0 aliphatic heterocycles. The average molecular weight is 250 g/mol. The standard InChI is InChI=1S/C11H14N4OS/c1-15-7-13-14-11(15)17-6-8-3-9(12)5-10(4-8)16-2/h3-5,7H,6,12H2,1-2H3. The van der Waals surface area contributed by atoms with Crippen LogP contribution < -0.4 is 10.5 Å². The van der Waals surface area contributed by atoms with E-state index >= 15 is 0 Å². The van der Waals surface area contributed by atoms with Gasteiger partial charge in [-0.25, -0.2) is 0 Å². The van der Waals surface area contributed by atoms with Crippen LogP contribution in [-0.4, -0.2) is 21.9 Å². The van der Waals surface area contributed by atoms with Gasteiger partial charge in [0, 0.05) is 24.6 Å². The maximum absolute atomic E-state index is 5.79. The summed E-state index contributed by atoms with van der Waals surface area (Å²) in [6.45, 7) is 0. The Morgan fingerprint density at radius 1 is 1.41 bits per heavy atom. The van der Waals surface area contributed by atoms with Gasteiger partial charge in [-0.1, -0.05) is 11.8 Å². The Balaban J connectivity index is 2.09. The van der Waals surface area contributed by atoms with E-state index in [1.807, 2.05) is 23.7 Å². The number of ether oxygens (including phenoxy) is 1. The van der Waals surface area contributed by atoms with Crippen LogP contribution in [0.1, 0.15) is 5.56 Å². The summed E-state index contributed by atoms with van der Waals surface area (Å²) in [4.78, 5) is 0. The molecule has 1 heterocycles. The van der Waals surface area contributed by atoms with Gasteiger partial charge in [0.25, 0.3) is 0 Å². The highest BCUT2D eigenvalue weighted by Crippen LogP contribution is 2.24. The smallest absolute Gasteiger partial charge is 0.191 e. The number of hydrogen-bond acceptors (Lipinski definition) is 5. The number of hydrogen-bond donors (Lipinski definition) is 1. The largest absolute Gasteiger partial charge is 0.497 e. The molecule has 0 radical (unpaired) electrons. The monoisotopic (exact) mass is 250 g/mol. The van der Waals surface area contributed by atoms with Crippen LogP contribution in [0.15, 0.2) is 29.7 Å². The molecule has 0 bridgehead atoms. The van der Waals surface area contributed by atoms with Crippen LogP contribution in [0.3, 0.4) is 0 Å². The molecule has 17 heavy (non-hydrogen) atoms. The summed E-state index contributed by atoms with van der Waals surface area (Å²) >= 11 is 1.61. The van der Waals surface area contributed by atoms with Gasteiger partial charge in [0.05, 0.1) is 7.11 Å². The van der Waals surface area contributed by atoms with Gasteiger partial charge in [-0.15, -0.1) is 10.2 Å². The Morgan fingerprint density at radius 3 is 2.88 bits per heavy atom. The number of nitrogens with zero attached hydrogens (tertiary/aromatic N) is 3. The molecule has 1 aromatic carbocycles.